The standard InChI is InChI=1S/C13H13BrFN3O2/c1-6-2-9(15)11(14)16-12(6)17-13(20)10-8-3-7(8)4-18(10)5-19/h2,5,7-8,10H,3-4H2,1H3,(H,16,17,20)/t7-,8-,10+/m1/s1. The van der Waals surface area contributed by atoms with E-state index in [0.717, 1.165) is 12.8 Å². The fourth-order valence-corrected chi connectivity index (χ4v) is 3.12. The van der Waals surface area contributed by atoms with Gasteiger partial charge in [-0.1, -0.05) is 0 Å². The second-order valence-electron chi connectivity index (χ2n) is 5.32. The number of carbonyl (C=O) groups is 2. The van der Waals surface area contributed by atoms with Crippen LogP contribution >= 0.6 is 15.9 Å². The summed E-state index contributed by atoms with van der Waals surface area (Å²) in [5.74, 6) is 0.293. The van der Waals surface area contributed by atoms with Gasteiger partial charge in [0.15, 0.2) is 5.82 Å². The highest BCUT2D eigenvalue weighted by molar-refractivity contribution is 9.10. The topological polar surface area (TPSA) is 62.3 Å². The first-order valence-electron chi connectivity index (χ1n) is 6.36. The van der Waals surface area contributed by atoms with E-state index < -0.39 is 11.9 Å². The lowest BCUT2D eigenvalue weighted by Crippen LogP contribution is -2.42. The zero-order valence-electron chi connectivity index (χ0n) is 10.8. The van der Waals surface area contributed by atoms with Gasteiger partial charge < -0.3 is 10.2 Å². The SMILES string of the molecule is Cc1cc(F)c(Br)nc1NC(=O)[C@@H]1[C@@H]2C[C@@H]2CN1C=O. The lowest BCUT2D eigenvalue weighted by molar-refractivity contribution is -0.128. The van der Waals surface area contributed by atoms with Crippen molar-refractivity contribution in [2.45, 2.75) is 19.4 Å². The van der Waals surface area contributed by atoms with Crippen molar-refractivity contribution in [1.29, 1.82) is 0 Å². The molecule has 1 aromatic heterocycles. The van der Waals surface area contributed by atoms with E-state index in [2.05, 4.69) is 26.2 Å². The third-order valence-electron chi connectivity index (χ3n) is 3.95. The number of amides is 2. The van der Waals surface area contributed by atoms with Crippen molar-refractivity contribution >= 4 is 34.1 Å². The second-order valence-corrected chi connectivity index (χ2v) is 6.07. The molecule has 7 heteroatoms. The summed E-state index contributed by atoms with van der Waals surface area (Å²) in [7, 11) is 0. The predicted octanol–water partition coefficient (Wildman–Crippen LogP) is 1.71. The minimum absolute atomic E-state index is 0.0568. The van der Waals surface area contributed by atoms with Gasteiger partial charge in [0, 0.05) is 6.54 Å². The molecule has 2 heterocycles. The van der Waals surface area contributed by atoms with Gasteiger partial charge in [-0.15, -0.1) is 0 Å². The summed E-state index contributed by atoms with van der Waals surface area (Å²) in [4.78, 5) is 28.8. The van der Waals surface area contributed by atoms with Crippen LogP contribution in [0, 0.1) is 24.6 Å². The number of carbonyl (C=O) groups excluding carboxylic acids is 2. The van der Waals surface area contributed by atoms with Crippen LogP contribution in [0.25, 0.3) is 0 Å². The first-order valence-corrected chi connectivity index (χ1v) is 7.15. The number of rotatable bonds is 3. The first kappa shape index (κ1) is 13.5. The summed E-state index contributed by atoms with van der Waals surface area (Å²) in [5.41, 5.74) is 0.544. The molecule has 20 heavy (non-hydrogen) atoms. The highest BCUT2D eigenvalue weighted by Crippen LogP contribution is 2.49. The molecule has 1 aromatic rings. The quantitative estimate of drug-likeness (QED) is 0.672. The van der Waals surface area contributed by atoms with Crippen LogP contribution in [-0.2, 0) is 9.59 Å². The van der Waals surface area contributed by atoms with Gasteiger partial charge in [0.1, 0.15) is 16.5 Å². The Hall–Kier alpha value is -1.50. The number of aromatic nitrogens is 1. The van der Waals surface area contributed by atoms with Crippen LogP contribution in [0.1, 0.15) is 12.0 Å². The maximum absolute atomic E-state index is 13.3. The average Bonchev–Trinajstić information content (AvgIpc) is 3.06. The largest absolute Gasteiger partial charge is 0.333 e. The number of aryl methyl sites for hydroxylation is 1. The van der Waals surface area contributed by atoms with E-state index >= 15 is 0 Å². The molecule has 5 nitrogen and oxygen atoms in total. The molecule has 0 bridgehead atoms. The van der Waals surface area contributed by atoms with Crippen LogP contribution in [0.15, 0.2) is 10.7 Å². The lowest BCUT2D eigenvalue weighted by atomic mass is 10.1. The van der Waals surface area contributed by atoms with E-state index in [1.807, 2.05) is 0 Å². The molecule has 2 fully saturated rings. The highest BCUT2D eigenvalue weighted by atomic mass is 79.9. The van der Waals surface area contributed by atoms with Crippen LogP contribution in [0.3, 0.4) is 0 Å². The van der Waals surface area contributed by atoms with Gasteiger partial charge in [-0.25, -0.2) is 9.37 Å². The van der Waals surface area contributed by atoms with Crippen molar-refractivity contribution in [2.75, 3.05) is 11.9 Å². The average molecular weight is 342 g/mol. The summed E-state index contributed by atoms with van der Waals surface area (Å²) in [6.45, 7) is 2.32. The van der Waals surface area contributed by atoms with E-state index in [9.17, 15) is 14.0 Å². The normalized spacial score (nSPS) is 27.1. The molecule has 0 unspecified atom stereocenters. The van der Waals surface area contributed by atoms with Gasteiger partial charge in [0.2, 0.25) is 12.3 Å². The Kier molecular flexibility index (Phi) is 3.24. The van der Waals surface area contributed by atoms with Crippen molar-refractivity contribution in [2.24, 2.45) is 11.8 Å². The Labute approximate surface area is 123 Å². The van der Waals surface area contributed by atoms with Gasteiger partial charge in [-0.3, -0.25) is 9.59 Å². The Morgan fingerprint density at radius 1 is 1.65 bits per heavy atom. The molecule has 0 radical (unpaired) electrons. The van der Waals surface area contributed by atoms with E-state index in [4.69, 9.17) is 0 Å². The molecular formula is C13H13BrFN3O2. The van der Waals surface area contributed by atoms with Gasteiger partial charge in [-0.2, -0.15) is 0 Å². The van der Waals surface area contributed by atoms with E-state index in [1.54, 1.807) is 6.92 Å². The zero-order valence-corrected chi connectivity index (χ0v) is 12.4. The smallest absolute Gasteiger partial charge is 0.248 e. The van der Waals surface area contributed by atoms with E-state index in [0.29, 0.717) is 23.8 Å². The first-order chi connectivity index (χ1) is 9.51. The van der Waals surface area contributed by atoms with Gasteiger partial charge in [0.05, 0.1) is 0 Å². The fourth-order valence-electron chi connectivity index (χ4n) is 2.83. The molecule has 1 N–H and O–H groups in total. The van der Waals surface area contributed by atoms with Crippen molar-refractivity contribution in [3.8, 4) is 0 Å². The summed E-state index contributed by atoms with van der Waals surface area (Å²) in [6.07, 6.45) is 1.71. The second kappa shape index (κ2) is 4.80. The minimum atomic E-state index is -0.474. The Morgan fingerprint density at radius 3 is 3.10 bits per heavy atom. The summed E-state index contributed by atoms with van der Waals surface area (Å²) < 4.78 is 13.4. The number of pyridine rings is 1. The molecule has 106 valence electrons. The molecule has 3 atom stereocenters. The van der Waals surface area contributed by atoms with Gasteiger partial charge in [0.25, 0.3) is 0 Å². The summed E-state index contributed by atoms with van der Waals surface area (Å²) in [5, 5.41) is 2.69. The number of hydrogen-bond acceptors (Lipinski definition) is 3. The third kappa shape index (κ3) is 2.19. The van der Waals surface area contributed by atoms with Crippen molar-refractivity contribution < 1.29 is 14.0 Å². The number of piperidine rings is 1. The van der Waals surface area contributed by atoms with E-state index in [1.165, 1.54) is 11.0 Å². The van der Waals surface area contributed by atoms with Crippen LogP contribution < -0.4 is 5.32 Å². The lowest BCUT2D eigenvalue weighted by Gasteiger charge is -2.22. The fraction of sp³-hybridized carbons (Fsp3) is 0.462. The van der Waals surface area contributed by atoms with Crippen molar-refractivity contribution in [1.82, 2.24) is 9.88 Å². The highest BCUT2D eigenvalue weighted by Gasteiger charge is 2.55. The van der Waals surface area contributed by atoms with Crippen molar-refractivity contribution in [3.05, 3.63) is 22.1 Å². The van der Waals surface area contributed by atoms with E-state index in [-0.39, 0.29) is 16.4 Å². The molecule has 2 amide bonds. The number of nitrogens with zero attached hydrogens (tertiary/aromatic N) is 2. The van der Waals surface area contributed by atoms with Gasteiger partial charge in [-0.05, 0) is 52.7 Å². The zero-order chi connectivity index (χ0) is 14.4. The number of likely N-dealkylation sites (tertiary alicyclic amines) is 1. The number of nitrogens with one attached hydrogen (secondary N) is 1. The molecule has 1 aliphatic carbocycles. The summed E-state index contributed by atoms with van der Waals surface area (Å²) >= 11 is 3.00. The summed E-state index contributed by atoms with van der Waals surface area (Å²) in [6, 6.07) is 0.876. The number of anilines is 1. The number of fused-ring (bicyclic) bond motifs is 1. The van der Waals surface area contributed by atoms with Gasteiger partial charge >= 0.3 is 0 Å². The molecule has 1 aliphatic heterocycles. The minimum Gasteiger partial charge on any atom is -0.333 e. The Balaban J connectivity index is 1.79. The third-order valence-corrected chi connectivity index (χ3v) is 4.51. The molecular weight excluding hydrogens is 329 g/mol. The molecule has 1 saturated carbocycles. The number of halogens is 2. The maximum atomic E-state index is 13.3. The van der Waals surface area contributed by atoms with Crippen LogP contribution in [-0.4, -0.2) is 34.8 Å². The molecule has 3 rings (SSSR count). The Bertz CT molecular complexity index is 595. The van der Waals surface area contributed by atoms with Crippen molar-refractivity contribution in [3.63, 3.8) is 0 Å². The van der Waals surface area contributed by atoms with Crippen LogP contribution in [0.4, 0.5) is 10.2 Å². The predicted molar refractivity (Wildman–Crippen MR) is 73.4 cm³/mol. The molecule has 0 spiro atoms. The molecule has 0 aromatic carbocycles. The maximum Gasteiger partial charge on any atom is 0.248 e. The van der Waals surface area contributed by atoms with Crippen LogP contribution in [0.2, 0.25) is 0 Å². The Morgan fingerprint density at radius 2 is 2.40 bits per heavy atom. The molecule has 2 aliphatic rings. The monoisotopic (exact) mass is 341 g/mol. The molecule has 1 saturated heterocycles. The van der Waals surface area contributed by atoms with Crippen LogP contribution in [0.5, 0.6) is 0 Å². The number of hydrogen-bond donors (Lipinski definition) is 1.